The number of piperidine rings is 2. The van der Waals surface area contributed by atoms with Crippen LogP contribution in [-0.4, -0.2) is 58.0 Å². The molecule has 1 atom stereocenters. The maximum absolute atomic E-state index is 13.6. The van der Waals surface area contributed by atoms with Crippen LogP contribution in [0.3, 0.4) is 0 Å². The molecule has 0 radical (unpaired) electrons. The second-order valence-corrected chi connectivity index (χ2v) is 9.25. The molecule has 5 rings (SSSR count). The number of anilines is 1. The highest BCUT2D eigenvalue weighted by Gasteiger charge is 2.32. The van der Waals surface area contributed by atoms with E-state index in [1.165, 1.54) is 12.1 Å². The molecule has 0 bridgehead atoms. The van der Waals surface area contributed by atoms with Gasteiger partial charge in [-0.15, -0.1) is 0 Å². The van der Waals surface area contributed by atoms with Crippen molar-refractivity contribution >= 4 is 22.8 Å². The molecule has 34 heavy (non-hydrogen) atoms. The van der Waals surface area contributed by atoms with Gasteiger partial charge in [-0.1, -0.05) is 6.07 Å². The molecule has 3 aromatic rings. The Morgan fingerprint density at radius 1 is 1.15 bits per heavy atom. The lowest BCUT2D eigenvalue weighted by molar-refractivity contribution is -0.140. The Morgan fingerprint density at radius 2 is 2.00 bits per heavy atom. The van der Waals surface area contributed by atoms with Crippen molar-refractivity contribution < 1.29 is 13.9 Å². The van der Waals surface area contributed by atoms with Gasteiger partial charge in [-0.3, -0.25) is 9.78 Å². The van der Waals surface area contributed by atoms with E-state index in [0.717, 1.165) is 67.5 Å². The lowest BCUT2D eigenvalue weighted by Gasteiger charge is -2.37. The molecule has 2 saturated heterocycles. The Labute approximate surface area is 199 Å². The molecule has 1 aromatic carbocycles. The highest BCUT2D eigenvalue weighted by atomic mass is 19.1. The molecule has 4 heterocycles. The number of halogens is 1. The summed E-state index contributed by atoms with van der Waals surface area (Å²) < 4.78 is 19.7. The van der Waals surface area contributed by atoms with Crippen LogP contribution in [0.25, 0.3) is 10.9 Å². The molecule has 178 valence electrons. The van der Waals surface area contributed by atoms with Gasteiger partial charge in [-0.2, -0.15) is 0 Å². The van der Waals surface area contributed by atoms with Crippen LogP contribution in [0.2, 0.25) is 0 Å². The van der Waals surface area contributed by atoms with Crippen molar-refractivity contribution in [1.29, 1.82) is 0 Å². The van der Waals surface area contributed by atoms with E-state index in [2.05, 4.69) is 19.9 Å². The number of hydrogen-bond acceptors (Lipinski definition) is 6. The average molecular weight is 464 g/mol. The van der Waals surface area contributed by atoms with Crippen LogP contribution < -0.4 is 4.90 Å². The summed E-state index contributed by atoms with van der Waals surface area (Å²) in [6.45, 7) is 5.33. The summed E-state index contributed by atoms with van der Waals surface area (Å²) >= 11 is 0. The highest BCUT2D eigenvalue weighted by molar-refractivity contribution is 5.82. The Hall–Kier alpha value is -3.13. The van der Waals surface area contributed by atoms with Gasteiger partial charge in [0.05, 0.1) is 23.9 Å². The molecule has 0 spiro atoms. The molecule has 0 N–H and O–H groups in total. The molecular weight excluding hydrogens is 433 g/mol. The summed E-state index contributed by atoms with van der Waals surface area (Å²) in [5.74, 6) is 0.627. The van der Waals surface area contributed by atoms with Crippen LogP contribution in [0.5, 0.6) is 0 Å². The number of amides is 1. The number of ether oxygens (including phenoxy) is 1. The van der Waals surface area contributed by atoms with E-state index in [9.17, 15) is 9.18 Å². The van der Waals surface area contributed by atoms with Gasteiger partial charge in [0.2, 0.25) is 11.9 Å². The summed E-state index contributed by atoms with van der Waals surface area (Å²) in [7, 11) is 0. The van der Waals surface area contributed by atoms with Gasteiger partial charge >= 0.3 is 0 Å². The summed E-state index contributed by atoms with van der Waals surface area (Å²) in [5, 5.41) is 0.735. The van der Waals surface area contributed by atoms with Gasteiger partial charge in [0.25, 0.3) is 0 Å². The van der Waals surface area contributed by atoms with E-state index in [0.29, 0.717) is 19.1 Å². The number of carbonyl (C=O) groups excluding carboxylic acids is 1. The normalized spacial score (nSPS) is 19.5. The number of hydrogen-bond donors (Lipinski definition) is 0. The molecule has 2 fully saturated rings. The largest absolute Gasteiger partial charge is 0.372 e. The minimum Gasteiger partial charge on any atom is -0.372 e. The van der Waals surface area contributed by atoms with Gasteiger partial charge in [0.1, 0.15) is 5.82 Å². The van der Waals surface area contributed by atoms with Crippen molar-refractivity contribution in [3.05, 3.63) is 59.8 Å². The SMILES string of the molecule is Cc1nc(N2CCC(C(=O)N3CCC[C@@H](OCc4cccnc4)C3)CC2)nc2ccc(F)cc12. The predicted molar refractivity (Wildman–Crippen MR) is 128 cm³/mol. The summed E-state index contributed by atoms with van der Waals surface area (Å²) in [6, 6.07) is 8.52. The number of fused-ring (bicyclic) bond motifs is 1. The van der Waals surface area contributed by atoms with Crippen molar-refractivity contribution in [1.82, 2.24) is 19.9 Å². The summed E-state index contributed by atoms with van der Waals surface area (Å²) in [4.78, 5) is 30.8. The minimum atomic E-state index is -0.284. The number of carbonyl (C=O) groups is 1. The van der Waals surface area contributed by atoms with Crippen molar-refractivity contribution in [2.75, 3.05) is 31.1 Å². The first kappa shape index (κ1) is 22.7. The molecule has 1 amide bonds. The molecule has 2 aliphatic heterocycles. The Morgan fingerprint density at radius 3 is 2.79 bits per heavy atom. The fraction of sp³-hybridized carbons (Fsp3) is 0.462. The molecule has 2 aromatic heterocycles. The zero-order valence-corrected chi connectivity index (χ0v) is 19.5. The minimum absolute atomic E-state index is 0.0176. The number of nitrogens with zero attached hydrogens (tertiary/aromatic N) is 5. The van der Waals surface area contributed by atoms with Gasteiger partial charge in [0.15, 0.2) is 0 Å². The van der Waals surface area contributed by atoms with Crippen molar-refractivity contribution in [2.24, 2.45) is 5.92 Å². The molecular formula is C26H30FN5O2. The fourth-order valence-electron chi connectivity index (χ4n) is 4.94. The summed E-state index contributed by atoms with van der Waals surface area (Å²) in [5.41, 5.74) is 2.56. The number of rotatable bonds is 5. The third-order valence-electron chi connectivity index (χ3n) is 6.86. The van der Waals surface area contributed by atoms with Crippen molar-refractivity contribution in [3.63, 3.8) is 0 Å². The third kappa shape index (κ3) is 5.01. The lowest BCUT2D eigenvalue weighted by atomic mass is 9.94. The zero-order valence-electron chi connectivity index (χ0n) is 19.5. The predicted octanol–water partition coefficient (Wildman–Crippen LogP) is 3.90. The van der Waals surface area contributed by atoms with Crippen LogP contribution in [0.1, 0.15) is 36.9 Å². The molecule has 0 saturated carbocycles. The number of aryl methyl sites for hydroxylation is 1. The van der Waals surface area contributed by atoms with E-state index in [1.807, 2.05) is 30.2 Å². The van der Waals surface area contributed by atoms with E-state index < -0.39 is 0 Å². The maximum atomic E-state index is 13.6. The first-order valence-electron chi connectivity index (χ1n) is 12.0. The number of likely N-dealkylation sites (tertiary alicyclic amines) is 1. The highest BCUT2D eigenvalue weighted by Crippen LogP contribution is 2.27. The first-order chi connectivity index (χ1) is 16.6. The molecule has 0 aliphatic carbocycles. The van der Waals surface area contributed by atoms with E-state index >= 15 is 0 Å². The van der Waals surface area contributed by atoms with Gasteiger partial charge in [-0.05, 0) is 62.4 Å². The van der Waals surface area contributed by atoms with Crippen LogP contribution in [0, 0.1) is 18.7 Å². The van der Waals surface area contributed by atoms with E-state index in [4.69, 9.17) is 4.74 Å². The van der Waals surface area contributed by atoms with Gasteiger partial charge < -0.3 is 14.5 Å². The number of aromatic nitrogens is 3. The Bertz CT molecular complexity index is 1150. The Kier molecular flexibility index (Phi) is 6.67. The summed E-state index contributed by atoms with van der Waals surface area (Å²) in [6.07, 6.45) is 7.14. The van der Waals surface area contributed by atoms with Crippen molar-refractivity contribution in [2.45, 2.75) is 45.3 Å². The number of benzene rings is 1. The molecule has 2 aliphatic rings. The standard InChI is InChI=1S/C26H30FN5O2/c1-18-23-14-21(27)6-7-24(23)30-26(29-18)31-12-8-20(9-13-31)25(33)32-11-3-5-22(16-32)34-17-19-4-2-10-28-15-19/h2,4,6-7,10,14-15,20,22H,3,5,8-9,11-13,16-17H2,1H3/t22-/m1/s1. The monoisotopic (exact) mass is 463 g/mol. The quantitative estimate of drug-likeness (QED) is 0.572. The topological polar surface area (TPSA) is 71.5 Å². The molecule has 7 nitrogen and oxygen atoms in total. The van der Waals surface area contributed by atoms with Crippen LogP contribution >= 0.6 is 0 Å². The first-order valence-corrected chi connectivity index (χ1v) is 12.0. The molecule has 8 heteroatoms. The van der Waals surface area contributed by atoms with Gasteiger partial charge in [-0.25, -0.2) is 14.4 Å². The number of pyridine rings is 1. The smallest absolute Gasteiger partial charge is 0.226 e. The van der Waals surface area contributed by atoms with Gasteiger partial charge in [0, 0.05) is 49.9 Å². The van der Waals surface area contributed by atoms with E-state index in [1.54, 1.807) is 12.3 Å². The zero-order chi connectivity index (χ0) is 23.5. The molecule has 0 unspecified atom stereocenters. The maximum Gasteiger partial charge on any atom is 0.226 e. The van der Waals surface area contributed by atoms with Crippen LogP contribution in [0.4, 0.5) is 10.3 Å². The second kappa shape index (κ2) is 10.0. The average Bonchev–Trinajstić information content (AvgIpc) is 2.88. The van der Waals surface area contributed by atoms with E-state index in [-0.39, 0.29) is 23.7 Å². The second-order valence-electron chi connectivity index (χ2n) is 9.25. The lowest BCUT2D eigenvalue weighted by Crippen LogP contribution is -2.48. The fourth-order valence-corrected chi connectivity index (χ4v) is 4.94. The van der Waals surface area contributed by atoms with Crippen molar-refractivity contribution in [3.8, 4) is 0 Å². The van der Waals surface area contributed by atoms with Crippen LogP contribution in [-0.2, 0) is 16.1 Å². The Balaban J connectivity index is 1.16. The van der Waals surface area contributed by atoms with Crippen LogP contribution in [0.15, 0.2) is 42.7 Å². The third-order valence-corrected chi connectivity index (χ3v) is 6.86.